The molecule has 8 nitrogen and oxygen atoms in total. The van der Waals surface area contributed by atoms with E-state index in [0.29, 0.717) is 27.8 Å². The SMILES string of the molecule is COc1cc(/C=C2\SC(=O)N(CCOc3ccccc3Cl)C2=O)ccc1OCC(N)=O. The van der Waals surface area contributed by atoms with Crippen molar-refractivity contribution in [3.05, 3.63) is 58.0 Å². The van der Waals surface area contributed by atoms with Crippen LogP contribution in [-0.2, 0) is 9.59 Å². The predicted molar refractivity (Wildman–Crippen MR) is 117 cm³/mol. The molecular formula is C21H19ClN2O6S. The third-order valence-corrected chi connectivity index (χ3v) is 5.36. The van der Waals surface area contributed by atoms with E-state index in [-0.39, 0.29) is 29.9 Å². The Balaban J connectivity index is 1.66. The number of carbonyl (C=O) groups excluding carboxylic acids is 3. The van der Waals surface area contributed by atoms with Crippen LogP contribution in [0.5, 0.6) is 17.2 Å². The van der Waals surface area contributed by atoms with Crippen molar-refractivity contribution >= 4 is 46.5 Å². The van der Waals surface area contributed by atoms with Gasteiger partial charge in [0, 0.05) is 0 Å². The van der Waals surface area contributed by atoms with Crippen molar-refractivity contribution < 1.29 is 28.6 Å². The molecule has 0 bridgehead atoms. The molecule has 1 fully saturated rings. The summed E-state index contributed by atoms with van der Waals surface area (Å²) in [6.07, 6.45) is 1.58. The molecule has 2 N–H and O–H groups in total. The molecule has 31 heavy (non-hydrogen) atoms. The molecule has 3 rings (SSSR count). The van der Waals surface area contributed by atoms with Gasteiger partial charge in [-0.25, -0.2) is 0 Å². The summed E-state index contributed by atoms with van der Waals surface area (Å²) in [4.78, 5) is 37.2. The van der Waals surface area contributed by atoms with Gasteiger partial charge in [-0.2, -0.15) is 0 Å². The average molecular weight is 463 g/mol. The van der Waals surface area contributed by atoms with Crippen LogP contribution in [0.25, 0.3) is 6.08 Å². The van der Waals surface area contributed by atoms with Gasteiger partial charge in [0.15, 0.2) is 18.1 Å². The summed E-state index contributed by atoms with van der Waals surface area (Å²) in [5.74, 6) is 0.159. The van der Waals surface area contributed by atoms with E-state index in [1.807, 2.05) is 0 Å². The first-order valence-electron chi connectivity index (χ1n) is 9.11. The Kier molecular flexibility index (Phi) is 7.43. The molecule has 0 aliphatic carbocycles. The van der Waals surface area contributed by atoms with Crippen LogP contribution in [0.3, 0.4) is 0 Å². The van der Waals surface area contributed by atoms with Crippen LogP contribution >= 0.6 is 23.4 Å². The number of imide groups is 1. The third-order valence-electron chi connectivity index (χ3n) is 4.14. The number of halogens is 1. The molecule has 10 heteroatoms. The minimum absolute atomic E-state index is 0.0937. The van der Waals surface area contributed by atoms with Crippen LogP contribution in [0, 0.1) is 0 Å². The first-order chi connectivity index (χ1) is 14.9. The lowest BCUT2D eigenvalue weighted by molar-refractivity contribution is -0.123. The summed E-state index contributed by atoms with van der Waals surface area (Å²) in [6.45, 7) is -0.0733. The molecular weight excluding hydrogens is 444 g/mol. The fourth-order valence-electron chi connectivity index (χ4n) is 2.69. The van der Waals surface area contributed by atoms with Gasteiger partial charge in [-0.1, -0.05) is 29.8 Å². The van der Waals surface area contributed by atoms with Crippen molar-refractivity contribution in [3.63, 3.8) is 0 Å². The minimum atomic E-state index is -0.613. The van der Waals surface area contributed by atoms with E-state index in [1.165, 1.54) is 7.11 Å². The predicted octanol–water partition coefficient (Wildman–Crippen LogP) is 3.33. The number of hydrogen-bond acceptors (Lipinski definition) is 7. The summed E-state index contributed by atoms with van der Waals surface area (Å²) in [7, 11) is 1.45. The number of thioether (sulfide) groups is 1. The van der Waals surface area contributed by atoms with E-state index in [9.17, 15) is 14.4 Å². The number of rotatable bonds is 9. The van der Waals surface area contributed by atoms with Gasteiger partial charge in [-0.3, -0.25) is 19.3 Å². The molecule has 1 heterocycles. The number of nitrogens with two attached hydrogens (primary N) is 1. The van der Waals surface area contributed by atoms with Gasteiger partial charge < -0.3 is 19.9 Å². The van der Waals surface area contributed by atoms with Gasteiger partial charge in [-0.15, -0.1) is 0 Å². The lowest BCUT2D eigenvalue weighted by Gasteiger charge is -2.13. The van der Waals surface area contributed by atoms with Crippen molar-refractivity contribution in [1.82, 2.24) is 4.90 Å². The molecule has 162 valence electrons. The number of hydrogen-bond donors (Lipinski definition) is 1. The van der Waals surface area contributed by atoms with Gasteiger partial charge >= 0.3 is 0 Å². The van der Waals surface area contributed by atoms with Crippen molar-refractivity contribution in [2.75, 3.05) is 26.9 Å². The first kappa shape index (κ1) is 22.5. The zero-order valence-corrected chi connectivity index (χ0v) is 18.1. The van der Waals surface area contributed by atoms with Gasteiger partial charge in [0.25, 0.3) is 17.1 Å². The third kappa shape index (κ3) is 5.71. The second-order valence-electron chi connectivity index (χ2n) is 6.28. The molecule has 3 amide bonds. The summed E-state index contributed by atoms with van der Waals surface area (Å²) in [5, 5.41) is 0.0705. The van der Waals surface area contributed by atoms with E-state index < -0.39 is 11.8 Å². The van der Waals surface area contributed by atoms with Crippen molar-refractivity contribution in [1.29, 1.82) is 0 Å². The zero-order valence-electron chi connectivity index (χ0n) is 16.5. The maximum atomic E-state index is 12.7. The van der Waals surface area contributed by atoms with E-state index in [2.05, 4.69) is 0 Å². The van der Waals surface area contributed by atoms with Gasteiger partial charge in [-0.05, 0) is 47.7 Å². The molecule has 1 aliphatic rings. The zero-order chi connectivity index (χ0) is 22.4. The van der Waals surface area contributed by atoms with Crippen LogP contribution in [0.4, 0.5) is 4.79 Å². The molecule has 0 saturated carbocycles. The average Bonchev–Trinajstić information content (AvgIpc) is 3.01. The molecule has 1 saturated heterocycles. The Labute approximate surface area is 187 Å². The number of ether oxygens (including phenoxy) is 3. The summed E-state index contributed by atoms with van der Waals surface area (Å²) in [5.41, 5.74) is 5.71. The number of carbonyl (C=O) groups is 3. The second-order valence-corrected chi connectivity index (χ2v) is 7.68. The maximum absolute atomic E-state index is 12.7. The van der Waals surface area contributed by atoms with Crippen LogP contribution in [0.15, 0.2) is 47.4 Å². The van der Waals surface area contributed by atoms with Gasteiger partial charge in [0.1, 0.15) is 12.4 Å². The number of methoxy groups -OCH3 is 1. The largest absolute Gasteiger partial charge is 0.493 e. The summed E-state index contributed by atoms with van der Waals surface area (Å²) >= 11 is 6.88. The lowest BCUT2D eigenvalue weighted by Crippen LogP contribution is -2.32. The number of primary amides is 1. The smallest absolute Gasteiger partial charge is 0.293 e. The van der Waals surface area contributed by atoms with E-state index in [4.69, 9.17) is 31.5 Å². The molecule has 0 unspecified atom stereocenters. The Morgan fingerprint density at radius 1 is 1.13 bits per heavy atom. The van der Waals surface area contributed by atoms with E-state index in [1.54, 1.807) is 48.5 Å². The second kappa shape index (κ2) is 10.2. The highest BCUT2D eigenvalue weighted by Gasteiger charge is 2.34. The van der Waals surface area contributed by atoms with Crippen LogP contribution < -0.4 is 19.9 Å². The number of para-hydroxylation sites is 1. The summed E-state index contributed by atoms with van der Waals surface area (Å²) < 4.78 is 16.1. The maximum Gasteiger partial charge on any atom is 0.293 e. The fourth-order valence-corrected chi connectivity index (χ4v) is 3.75. The van der Waals surface area contributed by atoms with Crippen molar-refractivity contribution in [2.45, 2.75) is 0 Å². The van der Waals surface area contributed by atoms with Crippen LogP contribution in [-0.4, -0.2) is 48.8 Å². The normalized spacial score (nSPS) is 14.8. The van der Waals surface area contributed by atoms with Crippen molar-refractivity contribution in [3.8, 4) is 17.2 Å². The Morgan fingerprint density at radius 2 is 1.90 bits per heavy atom. The fraction of sp³-hybridized carbons (Fsp3) is 0.190. The van der Waals surface area contributed by atoms with E-state index in [0.717, 1.165) is 16.7 Å². The Morgan fingerprint density at radius 3 is 2.61 bits per heavy atom. The molecule has 1 aliphatic heterocycles. The highest BCUT2D eigenvalue weighted by atomic mass is 35.5. The minimum Gasteiger partial charge on any atom is -0.493 e. The Bertz CT molecular complexity index is 1040. The summed E-state index contributed by atoms with van der Waals surface area (Å²) in [6, 6.07) is 11.9. The molecule has 0 spiro atoms. The molecule has 2 aromatic carbocycles. The number of nitrogens with zero attached hydrogens (tertiary/aromatic N) is 1. The lowest BCUT2D eigenvalue weighted by atomic mass is 10.2. The van der Waals surface area contributed by atoms with Gasteiger partial charge in [0.05, 0.1) is 23.6 Å². The first-order valence-corrected chi connectivity index (χ1v) is 10.3. The monoisotopic (exact) mass is 462 g/mol. The molecule has 0 atom stereocenters. The van der Waals surface area contributed by atoms with Crippen LogP contribution in [0.2, 0.25) is 5.02 Å². The number of amides is 3. The molecule has 2 aromatic rings. The van der Waals surface area contributed by atoms with E-state index >= 15 is 0 Å². The molecule has 0 aromatic heterocycles. The Hall–Kier alpha value is -3.17. The van der Waals surface area contributed by atoms with Gasteiger partial charge in [0.2, 0.25) is 0 Å². The quantitative estimate of drug-likeness (QED) is 0.569. The standard InChI is InChI=1S/C21H19ClN2O6S/c1-28-17-10-13(6-7-16(17)30-12-19(23)25)11-18-20(26)24(21(27)31-18)8-9-29-15-5-3-2-4-14(15)22/h2-7,10-11H,8-9,12H2,1H3,(H2,23,25)/b18-11-. The highest BCUT2D eigenvalue weighted by molar-refractivity contribution is 8.18. The number of benzene rings is 2. The molecule has 0 radical (unpaired) electrons. The van der Waals surface area contributed by atoms with Crippen LogP contribution in [0.1, 0.15) is 5.56 Å². The van der Waals surface area contributed by atoms with Crippen molar-refractivity contribution in [2.24, 2.45) is 5.73 Å². The topological polar surface area (TPSA) is 108 Å². The highest BCUT2D eigenvalue weighted by Crippen LogP contribution is 2.34.